The van der Waals surface area contributed by atoms with Crippen LogP contribution in [0.15, 0.2) is 199 Å². The van der Waals surface area contributed by atoms with E-state index in [1.54, 1.807) is 11.3 Å². The first-order valence-electron chi connectivity index (χ1n) is 20.8. The summed E-state index contributed by atoms with van der Waals surface area (Å²) < 4.78 is 11.1. The summed E-state index contributed by atoms with van der Waals surface area (Å²) in [7, 11) is 0. The van der Waals surface area contributed by atoms with Crippen LogP contribution in [-0.2, 0) is 0 Å². The fourth-order valence-corrected chi connectivity index (χ4v) is 10.1. The molecule has 0 radical (unpaired) electrons. The normalized spacial score (nSPS) is 11.8. The van der Waals surface area contributed by atoms with Crippen LogP contribution in [0.3, 0.4) is 0 Å². The Morgan fingerprint density at radius 2 is 1.02 bits per heavy atom. The zero-order chi connectivity index (χ0) is 41.4. The van der Waals surface area contributed by atoms with E-state index in [4.69, 9.17) is 29.3 Å². The first-order valence-corrected chi connectivity index (χ1v) is 21.6. The minimum atomic E-state index is 0.554. The van der Waals surface area contributed by atoms with Crippen LogP contribution in [0.1, 0.15) is 0 Å². The molecule has 8 heteroatoms. The molecule has 13 rings (SSSR count). The van der Waals surface area contributed by atoms with Gasteiger partial charge in [0.15, 0.2) is 23.3 Å². The predicted octanol–water partition coefficient (Wildman–Crippen LogP) is 14.4. The van der Waals surface area contributed by atoms with Gasteiger partial charge < -0.3 is 8.98 Å². The average Bonchev–Trinajstić information content (AvgIpc) is 4.03. The smallest absolute Gasteiger partial charge is 0.164 e. The lowest BCUT2D eigenvalue weighted by Crippen LogP contribution is -2.00. The number of benzene rings is 8. The molecule has 0 aliphatic carbocycles. The van der Waals surface area contributed by atoms with Gasteiger partial charge in [0.1, 0.15) is 11.2 Å². The third kappa shape index (κ3) is 5.76. The third-order valence-corrected chi connectivity index (χ3v) is 13.0. The van der Waals surface area contributed by atoms with Crippen molar-refractivity contribution < 1.29 is 4.42 Å². The number of hydrogen-bond acceptors (Lipinski definition) is 7. The van der Waals surface area contributed by atoms with E-state index in [2.05, 4.69) is 132 Å². The van der Waals surface area contributed by atoms with E-state index in [-0.39, 0.29) is 0 Å². The number of rotatable bonds is 6. The Bertz CT molecular complexity index is 3910. The van der Waals surface area contributed by atoms with Crippen molar-refractivity contribution in [3.63, 3.8) is 0 Å². The van der Waals surface area contributed by atoms with Crippen LogP contribution in [0.4, 0.5) is 0 Å². The van der Waals surface area contributed by atoms with Crippen molar-refractivity contribution in [1.82, 2.24) is 29.5 Å². The molecule has 0 N–H and O–H groups in total. The Kier molecular flexibility index (Phi) is 7.94. The van der Waals surface area contributed by atoms with Gasteiger partial charge in [-0.15, -0.1) is 11.3 Å². The maximum Gasteiger partial charge on any atom is 0.164 e. The molecule has 0 atom stereocenters. The van der Waals surface area contributed by atoms with Crippen molar-refractivity contribution in [2.75, 3.05) is 0 Å². The molecule has 0 saturated carbocycles. The van der Waals surface area contributed by atoms with Crippen molar-refractivity contribution >= 4 is 75.4 Å². The van der Waals surface area contributed by atoms with Crippen molar-refractivity contribution in [2.45, 2.75) is 0 Å². The number of fused-ring (bicyclic) bond motifs is 9. The minimum absolute atomic E-state index is 0.554. The highest BCUT2D eigenvalue weighted by Gasteiger charge is 2.22. The Morgan fingerprint density at radius 1 is 0.397 bits per heavy atom. The quantitative estimate of drug-likeness (QED) is 0.166. The van der Waals surface area contributed by atoms with E-state index in [0.717, 1.165) is 98.5 Å². The third-order valence-electron chi connectivity index (χ3n) is 11.9. The topological polar surface area (TPSA) is 82.5 Å². The molecule has 8 aromatic carbocycles. The van der Waals surface area contributed by atoms with Gasteiger partial charge in [0.05, 0.1) is 26.9 Å². The van der Waals surface area contributed by atoms with Crippen LogP contribution in [-0.4, -0.2) is 29.5 Å². The number of furan rings is 1. The maximum atomic E-state index is 6.56. The lowest BCUT2D eigenvalue weighted by Gasteiger charge is -2.10. The second kappa shape index (κ2) is 14.1. The van der Waals surface area contributed by atoms with Gasteiger partial charge in [-0.1, -0.05) is 127 Å². The summed E-state index contributed by atoms with van der Waals surface area (Å²) in [6.45, 7) is 0. The summed E-state index contributed by atoms with van der Waals surface area (Å²) in [5, 5.41) is 5.24. The highest BCUT2D eigenvalue weighted by atomic mass is 32.1. The van der Waals surface area contributed by atoms with Crippen molar-refractivity contribution in [3.8, 4) is 62.5 Å². The molecule has 0 aliphatic heterocycles. The lowest BCUT2D eigenvalue weighted by atomic mass is 10.0. The van der Waals surface area contributed by atoms with Crippen molar-refractivity contribution in [1.29, 1.82) is 0 Å². The number of aromatic nitrogens is 6. The SMILES string of the molecule is c1ccc(-c2nc(-c3ccc4c(c3)c3ccccc3n4-c3ccccc3)nc(-c3cccc4oc5ccc(-c6nc(-c7ccccc7)c7sc8ccccc8c7n6)cc5c34)n2)cc1. The first-order chi connectivity index (χ1) is 31.2. The van der Waals surface area contributed by atoms with E-state index in [1.807, 2.05) is 66.7 Å². The molecular weight excluding hydrogens is 793 g/mol. The average molecular weight is 825 g/mol. The molecule has 294 valence electrons. The summed E-state index contributed by atoms with van der Waals surface area (Å²) in [6, 6.07) is 66.7. The molecule has 63 heavy (non-hydrogen) atoms. The maximum absolute atomic E-state index is 6.56. The lowest BCUT2D eigenvalue weighted by molar-refractivity contribution is 0.669. The summed E-state index contributed by atoms with van der Waals surface area (Å²) in [5.41, 5.74) is 11.3. The van der Waals surface area contributed by atoms with Crippen LogP contribution >= 0.6 is 11.3 Å². The fraction of sp³-hybridized carbons (Fsp3) is 0. The standard InChI is InChI=1S/C55H32N6OS/c1-4-15-33(16-5-1)49-51-50(39-22-11-13-26-47(39)63-51)57-53(56-49)36-28-30-45-42(32-36)48-40(23-14-25-46(48)62-45)55-59-52(34-17-6-2-7-18-34)58-54(60-55)35-27-29-44-41(31-35)38-21-10-12-24-43(38)61(44)37-19-8-3-9-20-37/h1-32H. The summed E-state index contributed by atoms with van der Waals surface area (Å²) in [6.07, 6.45) is 0. The van der Waals surface area contributed by atoms with Crippen LogP contribution in [0.25, 0.3) is 127 Å². The minimum Gasteiger partial charge on any atom is -0.456 e. The van der Waals surface area contributed by atoms with Gasteiger partial charge in [0.25, 0.3) is 0 Å². The van der Waals surface area contributed by atoms with Gasteiger partial charge in [-0.2, -0.15) is 0 Å². The molecule has 0 bridgehead atoms. The zero-order valence-electron chi connectivity index (χ0n) is 33.5. The van der Waals surface area contributed by atoms with Gasteiger partial charge in [-0.05, 0) is 66.7 Å². The molecule has 0 unspecified atom stereocenters. The van der Waals surface area contributed by atoms with Gasteiger partial charge >= 0.3 is 0 Å². The molecule has 13 aromatic rings. The molecule has 0 aliphatic rings. The Balaban J connectivity index is 1.01. The van der Waals surface area contributed by atoms with Gasteiger partial charge in [0, 0.05) is 65.1 Å². The van der Waals surface area contributed by atoms with E-state index in [1.165, 1.54) is 4.70 Å². The monoisotopic (exact) mass is 824 g/mol. The number of para-hydroxylation sites is 2. The van der Waals surface area contributed by atoms with Crippen molar-refractivity contribution in [3.05, 3.63) is 194 Å². The Labute approximate surface area is 364 Å². The molecule has 0 spiro atoms. The summed E-state index contributed by atoms with van der Waals surface area (Å²) >= 11 is 1.73. The second-order valence-electron chi connectivity index (χ2n) is 15.6. The first kappa shape index (κ1) is 35.4. The Hall–Kier alpha value is -8.33. The number of thiophene rings is 1. The second-order valence-corrected chi connectivity index (χ2v) is 16.7. The van der Waals surface area contributed by atoms with E-state index in [9.17, 15) is 0 Å². The predicted molar refractivity (Wildman–Crippen MR) is 257 cm³/mol. The molecule has 0 fully saturated rings. The number of hydrogen-bond donors (Lipinski definition) is 0. The fourth-order valence-electron chi connectivity index (χ4n) is 8.97. The molecule has 5 aromatic heterocycles. The van der Waals surface area contributed by atoms with Crippen LogP contribution in [0.2, 0.25) is 0 Å². The molecule has 0 saturated heterocycles. The van der Waals surface area contributed by atoms with E-state index >= 15 is 0 Å². The van der Waals surface area contributed by atoms with E-state index < -0.39 is 0 Å². The molecule has 0 amide bonds. The van der Waals surface area contributed by atoms with Gasteiger partial charge in [0.2, 0.25) is 0 Å². The molecular formula is C55H32N6OS. The van der Waals surface area contributed by atoms with Crippen LogP contribution < -0.4 is 0 Å². The molecule has 5 heterocycles. The van der Waals surface area contributed by atoms with Crippen LogP contribution in [0.5, 0.6) is 0 Å². The number of nitrogens with zero attached hydrogens (tertiary/aromatic N) is 6. The highest BCUT2D eigenvalue weighted by Crippen LogP contribution is 2.42. The van der Waals surface area contributed by atoms with Gasteiger partial charge in [-0.25, -0.2) is 24.9 Å². The summed E-state index contributed by atoms with van der Waals surface area (Å²) in [5.74, 6) is 2.38. The van der Waals surface area contributed by atoms with Gasteiger partial charge in [-0.3, -0.25) is 0 Å². The highest BCUT2D eigenvalue weighted by molar-refractivity contribution is 7.26. The van der Waals surface area contributed by atoms with E-state index in [0.29, 0.717) is 23.3 Å². The largest absolute Gasteiger partial charge is 0.456 e. The Morgan fingerprint density at radius 3 is 1.83 bits per heavy atom. The molecule has 7 nitrogen and oxygen atoms in total. The van der Waals surface area contributed by atoms with Crippen molar-refractivity contribution in [2.24, 2.45) is 0 Å². The van der Waals surface area contributed by atoms with Crippen LogP contribution in [0, 0.1) is 0 Å². The summed E-state index contributed by atoms with van der Waals surface area (Å²) in [4.78, 5) is 26.1. The zero-order valence-corrected chi connectivity index (χ0v) is 34.3.